The Kier molecular flexibility index (Phi) is 4.56. The molecule has 1 atom stereocenters. The molecule has 2 aliphatic heterocycles. The Morgan fingerprint density at radius 2 is 2.00 bits per heavy atom. The Balaban J connectivity index is 1.41. The average Bonchev–Trinajstić information content (AvgIpc) is 3.42. The van der Waals surface area contributed by atoms with Crippen molar-refractivity contribution in [1.82, 2.24) is 15.1 Å². The highest BCUT2D eigenvalue weighted by Crippen LogP contribution is 2.41. The molecule has 2 aromatic heterocycles. The van der Waals surface area contributed by atoms with Crippen molar-refractivity contribution in [2.24, 2.45) is 5.92 Å². The van der Waals surface area contributed by atoms with E-state index in [2.05, 4.69) is 46.1 Å². The molecule has 0 bridgehead atoms. The lowest BCUT2D eigenvalue weighted by atomic mass is 9.77. The summed E-state index contributed by atoms with van der Waals surface area (Å²) in [4.78, 5) is 32.5. The minimum Gasteiger partial charge on any atom is -0.323 e. The molecule has 0 radical (unpaired) electrons. The quantitative estimate of drug-likeness (QED) is 0.764. The molecule has 28 heavy (non-hydrogen) atoms. The molecule has 5 rings (SSSR count). The number of hydrogen-bond donors (Lipinski definition) is 1. The Hall–Kier alpha value is -1.70. The van der Waals surface area contributed by atoms with Crippen LogP contribution in [0, 0.1) is 5.92 Å². The van der Waals surface area contributed by atoms with E-state index in [0.29, 0.717) is 12.6 Å². The number of nitrogens with one attached hydrogen (secondary N) is 1. The van der Waals surface area contributed by atoms with E-state index in [0.717, 1.165) is 38.6 Å². The predicted octanol–water partition coefficient (Wildman–Crippen LogP) is 4.22. The van der Waals surface area contributed by atoms with Gasteiger partial charge in [-0.25, -0.2) is 9.69 Å². The fourth-order valence-corrected chi connectivity index (χ4v) is 6.66. The second kappa shape index (κ2) is 6.97. The predicted molar refractivity (Wildman–Crippen MR) is 111 cm³/mol. The Morgan fingerprint density at radius 1 is 1.18 bits per heavy atom. The molecule has 1 saturated carbocycles. The molecule has 3 aliphatic rings. The molecule has 1 N–H and O–H groups in total. The van der Waals surface area contributed by atoms with Gasteiger partial charge in [0, 0.05) is 16.3 Å². The zero-order valence-electron chi connectivity index (χ0n) is 16.0. The summed E-state index contributed by atoms with van der Waals surface area (Å²) in [6.07, 6.45) is 4.50. The number of thiophene rings is 2. The number of carbonyl (C=O) groups is 2. The van der Waals surface area contributed by atoms with Crippen molar-refractivity contribution in [1.29, 1.82) is 0 Å². The van der Waals surface area contributed by atoms with Crippen molar-refractivity contribution in [3.63, 3.8) is 0 Å². The number of nitrogens with zero attached hydrogens (tertiary/aromatic N) is 2. The first kappa shape index (κ1) is 18.3. The molecule has 1 saturated heterocycles. The first-order chi connectivity index (χ1) is 13.6. The van der Waals surface area contributed by atoms with Crippen molar-refractivity contribution in [2.45, 2.75) is 50.6 Å². The highest BCUT2D eigenvalue weighted by molar-refractivity contribution is 7.10. The van der Waals surface area contributed by atoms with E-state index in [1.807, 2.05) is 11.3 Å². The number of imide groups is 1. The van der Waals surface area contributed by atoms with Gasteiger partial charge in [0.1, 0.15) is 5.54 Å². The van der Waals surface area contributed by atoms with Gasteiger partial charge in [-0.3, -0.25) is 9.69 Å². The first-order valence-corrected chi connectivity index (χ1v) is 11.8. The van der Waals surface area contributed by atoms with Crippen LogP contribution in [0.15, 0.2) is 29.0 Å². The van der Waals surface area contributed by atoms with Gasteiger partial charge in [-0.2, -0.15) is 0 Å². The van der Waals surface area contributed by atoms with Gasteiger partial charge in [0.15, 0.2) is 0 Å². The fourth-order valence-electron chi connectivity index (χ4n) is 4.88. The smallest absolute Gasteiger partial charge is 0.323 e. The van der Waals surface area contributed by atoms with Crippen molar-refractivity contribution in [3.05, 3.63) is 44.3 Å². The summed E-state index contributed by atoms with van der Waals surface area (Å²) >= 11 is 3.55. The monoisotopic (exact) mass is 415 g/mol. The van der Waals surface area contributed by atoms with E-state index in [4.69, 9.17) is 0 Å². The number of hydrogen-bond acceptors (Lipinski definition) is 5. The van der Waals surface area contributed by atoms with Gasteiger partial charge in [-0.05, 0) is 66.5 Å². The van der Waals surface area contributed by atoms with E-state index < -0.39 is 5.54 Å². The molecule has 3 amide bonds. The van der Waals surface area contributed by atoms with Crippen molar-refractivity contribution >= 4 is 34.6 Å². The van der Waals surface area contributed by atoms with Gasteiger partial charge in [0.05, 0.1) is 12.7 Å². The number of carbonyl (C=O) groups excluding carboxylic acids is 2. The van der Waals surface area contributed by atoms with E-state index in [-0.39, 0.29) is 18.0 Å². The minimum absolute atomic E-state index is 0.0227. The molecule has 7 heteroatoms. The summed E-state index contributed by atoms with van der Waals surface area (Å²) in [5, 5.41) is 7.31. The number of urea groups is 1. The molecular formula is C21H25N3O2S2. The Morgan fingerprint density at radius 3 is 2.75 bits per heavy atom. The molecule has 1 aliphatic carbocycles. The van der Waals surface area contributed by atoms with Crippen LogP contribution in [0.3, 0.4) is 0 Å². The highest BCUT2D eigenvalue weighted by atomic mass is 32.1. The summed E-state index contributed by atoms with van der Waals surface area (Å²) in [5.74, 6) is 0.608. The first-order valence-electron chi connectivity index (χ1n) is 10.1. The lowest BCUT2D eigenvalue weighted by molar-refractivity contribution is -0.134. The van der Waals surface area contributed by atoms with Crippen LogP contribution in [0.4, 0.5) is 4.79 Å². The van der Waals surface area contributed by atoms with Gasteiger partial charge in [0.2, 0.25) is 0 Å². The molecular weight excluding hydrogens is 390 g/mol. The number of amides is 3. The summed E-state index contributed by atoms with van der Waals surface area (Å²) in [6, 6.07) is 6.33. The van der Waals surface area contributed by atoms with Gasteiger partial charge in [0.25, 0.3) is 5.91 Å². The van der Waals surface area contributed by atoms with Crippen LogP contribution >= 0.6 is 22.7 Å². The topological polar surface area (TPSA) is 52.7 Å². The van der Waals surface area contributed by atoms with Gasteiger partial charge >= 0.3 is 6.03 Å². The summed E-state index contributed by atoms with van der Waals surface area (Å²) in [6.45, 7) is 3.45. The number of fused-ring (bicyclic) bond motifs is 1. The zero-order chi connectivity index (χ0) is 19.3. The largest absolute Gasteiger partial charge is 0.326 e. The van der Waals surface area contributed by atoms with Crippen molar-refractivity contribution in [3.8, 4) is 0 Å². The van der Waals surface area contributed by atoms with E-state index >= 15 is 0 Å². The van der Waals surface area contributed by atoms with E-state index in [1.165, 1.54) is 20.2 Å². The molecule has 2 fully saturated rings. The van der Waals surface area contributed by atoms with Crippen LogP contribution < -0.4 is 5.32 Å². The van der Waals surface area contributed by atoms with Crippen molar-refractivity contribution in [2.75, 3.05) is 13.2 Å². The third-order valence-corrected chi connectivity index (χ3v) is 8.50. The molecule has 2 aromatic rings. The number of rotatable bonds is 3. The maximum atomic E-state index is 13.3. The van der Waals surface area contributed by atoms with Crippen LogP contribution in [0.1, 0.15) is 54.0 Å². The molecule has 5 nitrogen and oxygen atoms in total. The van der Waals surface area contributed by atoms with Crippen molar-refractivity contribution < 1.29 is 9.59 Å². The molecule has 1 unspecified atom stereocenters. The third kappa shape index (κ3) is 2.91. The second-order valence-corrected chi connectivity index (χ2v) is 10.3. The summed E-state index contributed by atoms with van der Waals surface area (Å²) < 4.78 is 0. The fraction of sp³-hybridized carbons (Fsp3) is 0.524. The highest BCUT2D eigenvalue weighted by Gasteiger charge is 2.52. The lowest BCUT2D eigenvalue weighted by Gasteiger charge is -2.37. The van der Waals surface area contributed by atoms with Gasteiger partial charge < -0.3 is 5.32 Å². The van der Waals surface area contributed by atoms with Crippen LogP contribution in [0.2, 0.25) is 0 Å². The molecule has 0 aromatic carbocycles. The normalized spacial score (nSPS) is 30.7. The van der Waals surface area contributed by atoms with E-state index in [1.54, 1.807) is 11.3 Å². The zero-order valence-corrected chi connectivity index (χ0v) is 17.7. The lowest BCUT2D eigenvalue weighted by Crippen LogP contribution is -2.50. The molecule has 148 valence electrons. The summed E-state index contributed by atoms with van der Waals surface area (Å²) in [7, 11) is 0. The van der Waals surface area contributed by atoms with Gasteiger partial charge in [-0.1, -0.05) is 13.0 Å². The Bertz CT molecular complexity index is 883. The third-order valence-electron chi connectivity index (χ3n) is 6.58. The van der Waals surface area contributed by atoms with Crippen LogP contribution in [-0.2, 0) is 11.2 Å². The second-order valence-electron chi connectivity index (χ2n) is 8.35. The van der Waals surface area contributed by atoms with Crippen LogP contribution in [0.5, 0.6) is 0 Å². The van der Waals surface area contributed by atoms with E-state index in [9.17, 15) is 9.59 Å². The summed E-state index contributed by atoms with van der Waals surface area (Å²) in [5.41, 5.74) is 0.665. The maximum Gasteiger partial charge on any atom is 0.326 e. The SMILES string of the molecule is CC1CCC2(CC1)NC(=O)N(CN1CCc3sccc3C1c1cccs1)C2=O. The molecule has 4 heterocycles. The average molecular weight is 416 g/mol. The van der Waals surface area contributed by atoms with Crippen LogP contribution in [-0.4, -0.2) is 40.5 Å². The minimum atomic E-state index is -0.661. The maximum absolute atomic E-state index is 13.3. The Labute approximate surface area is 173 Å². The van der Waals surface area contributed by atoms with Crippen LogP contribution in [0.25, 0.3) is 0 Å². The molecule has 1 spiro atoms. The standard InChI is InChI=1S/C21H25N3O2S2/c1-14-4-8-21(9-5-14)19(25)24(20(26)22-21)13-23-10-6-16-15(7-12-28-16)18(23)17-3-2-11-27-17/h2-3,7,11-12,14,18H,4-6,8-10,13H2,1H3,(H,22,26). The van der Waals surface area contributed by atoms with Gasteiger partial charge in [-0.15, -0.1) is 22.7 Å².